The second-order valence-electron chi connectivity index (χ2n) is 4.77. The Morgan fingerprint density at radius 2 is 1.96 bits per heavy atom. The van der Waals surface area contributed by atoms with Crippen molar-refractivity contribution in [3.05, 3.63) is 52.0 Å². The molecule has 0 saturated carbocycles. The van der Waals surface area contributed by atoms with Gasteiger partial charge in [0.2, 0.25) is 0 Å². The predicted octanol–water partition coefficient (Wildman–Crippen LogP) is 2.69. The summed E-state index contributed by atoms with van der Waals surface area (Å²) in [5.74, 6) is 1.06. The number of phenols is 1. The molecule has 2 aromatic rings. The third-order valence-corrected chi connectivity index (χ3v) is 3.79. The van der Waals surface area contributed by atoms with Gasteiger partial charge in [-0.25, -0.2) is 5.43 Å². The normalized spacial score (nSPS) is 13.1. The second kappa shape index (κ2) is 6.70. The van der Waals surface area contributed by atoms with Crippen LogP contribution in [0.15, 0.2) is 46.0 Å². The number of carbonyl (C=O) groups is 1. The van der Waals surface area contributed by atoms with Crippen LogP contribution in [0.5, 0.6) is 17.2 Å². The molecule has 0 fully saturated rings. The van der Waals surface area contributed by atoms with Gasteiger partial charge in [-0.2, -0.15) is 5.10 Å². The number of amides is 1. The molecule has 1 aliphatic rings. The lowest BCUT2D eigenvalue weighted by Crippen LogP contribution is -2.17. The third kappa shape index (κ3) is 3.62. The van der Waals surface area contributed by atoms with Gasteiger partial charge in [0.1, 0.15) is 19.0 Å². The summed E-state index contributed by atoms with van der Waals surface area (Å²) < 4.78 is 11.4. The van der Waals surface area contributed by atoms with E-state index in [-0.39, 0.29) is 11.7 Å². The van der Waals surface area contributed by atoms with Crippen molar-refractivity contribution in [3.63, 3.8) is 0 Å². The van der Waals surface area contributed by atoms with Gasteiger partial charge in [-0.1, -0.05) is 0 Å². The van der Waals surface area contributed by atoms with Crippen molar-refractivity contribution in [2.24, 2.45) is 5.10 Å². The Morgan fingerprint density at radius 1 is 1.17 bits per heavy atom. The van der Waals surface area contributed by atoms with Crippen LogP contribution in [0.25, 0.3) is 0 Å². The summed E-state index contributed by atoms with van der Waals surface area (Å²) in [4.78, 5) is 12.0. The van der Waals surface area contributed by atoms with Crippen molar-refractivity contribution < 1.29 is 19.4 Å². The van der Waals surface area contributed by atoms with Gasteiger partial charge in [-0.05, 0) is 57.9 Å². The Labute approximate surface area is 140 Å². The van der Waals surface area contributed by atoms with Crippen LogP contribution in [0.4, 0.5) is 0 Å². The Balaban J connectivity index is 1.66. The van der Waals surface area contributed by atoms with Crippen LogP contribution in [0, 0.1) is 0 Å². The summed E-state index contributed by atoms with van der Waals surface area (Å²) in [6.45, 7) is 1.05. The maximum atomic E-state index is 12.0. The molecule has 0 radical (unpaired) electrons. The highest BCUT2D eigenvalue weighted by atomic mass is 79.9. The summed E-state index contributed by atoms with van der Waals surface area (Å²) in [6, 6.07) is 9.87. The van der Waals surface area contributed by atoms with E-state index in [2.05, 4.69) is 26.5 Å². The number of carbonyl (C=O) groups excluding carboxylic acids is 1. The fourth-order valence-corrected chi connectivity index (χ4v) is 2.40. The lowest BCUT2D eigenvalue weighted by atomic mass is 10.2. The molecule has 118 valence electrons. The smallest absolute Gasteiger partial charge is 0.271 e. The molecular formula is C16H13BrN2O4. The summed E-state index contributed by atoms with van der Waals surface area (Å²) in [5.41, 5.74) is 3.59. The highest BCUT2D eigenvalue weighted by Gasteiger charge is 2.11. The molecular weight excluding hydrogens is 364 g/mol. The van der Waals surface area contributed by atoms with Crippen LogP contribution in [0.3, 0.4) is 0 Å². The first kappa shape index (κ1) is 15.4. The van der Waals surface area contributed by atoms with Gasteiger partial charge in [0.25, 0.3) is 5.91 Å². The van der Waals surface area contributed by atoms with Crippen molar-refractivity contribution in [2.45, 2.75) is 0 Å². The number of halogens is 1. The first-order valence-corrected chi connectivity index (χ1v) is 7.64. The Kier molecular flexibility index (Phi) is 4.47. The van der Waals surface area contributed by atoms with E-state index in [1.807, 2.05) is 6.07 Å². The first-order valence-electron chi connectivity index (χ1n) is 6.85. The second-order valence-corrected chi connectivity index (χ2v) is 5.62. The number of rotatable bonds is 3. The Hall–Kier alpha value is -2.54. The minimum Gasteiger partial charge on any atom is -0.507 e. The number of phenolic OH excluding ortho intramolecular Hbond substituents is 1. The molecule has 0 saturated heterocycles. The van der Waals surface area contributed by atoms with Crippen LogP contribution < -0.4 is 14.9 Å². The van der Waals surface area contributed by atoms with Crippen LogP contribution in [-0.4, -0.2) is 30.4 Å². The summed E-state index contributed by atoms with van der Waals surface area (Å²) >= 11 is 3.16. The van der Waals surface area contributed by atoms with E-state index in [1.165, 1.54) is 24.4 Å². The van der Waals surface area contributed by atoms with E-state index in [1.54, 1.807) is 12.1 Å². The zero-order valence-electron chi connectivity index (χ0n) is 12.0. The predicted molar refractivity (Wildman–Crippen MR) is 88.3 cm³/mol. The van der Waals surface area contributed by atoms with Crippen LogP contribution >= 0.6 is 15.9 Å². The number of hydrazone groups is 1. The topological polar surface area (TPSA) is 80.2 Å². The number of aromatic hydroxyl groups is 1. The molecule has 0 bridgehead atoms. The third-order valence-electron chi connectivity index (χ3n) is 3.16. The minimum absolute atomic E-state index is 0.0707. The molecule has 0 atom stereocenters. The largest absolute Gasteiger partial charge is 0.507 e. The standard InChI is InChI=1S/C16H13BrN2O4/c17-12-8-11(2-3-13(12)20)16(21)19-18-9-10-1-4-14-15(7-10)23-6-5-22-14/h1-4,7-9,20H,5-6H2,(H,19,21). The first-order chi connectivity index (χ1) is 11.1. The molecule has 2 N–H and O–H groups in total. The van der Waals surface area contributed by atoms with Crippen molar-refractivity contribution >= 4 is 28.1 Å². The van der Waals surface area contributed by atoms with Gasteiger partial charge in [-0.3, -0.25) is 4.79 Å². The fraction of sp³-hybridized carbons (Fsp3) is 0.125. The van der Waals surface area contributed by atoms with Crippen molar-refractivity contribution in [2.75, 3.05) is 13.2 Å². The Bertz CT molecular complexity index is 777. The minimum atomic E-state index is -0.375. The van der Waals surface area contributed by atoms with Gasteiger partial charge in [0.05, 0.1) is 10.7 Å². The van der Waals surface area contributed by atoms with Crippen molar-refractivity contribution in [1.29, 1.82) is 0 Å². The highest BCUT2D eigenvalue weighted by molar-refractivity contribution is 9.10. The molecule has 2 aromatic carbocycles. The summed E-state index contributed by atoms with van der Waals surface area (Å²) in [6.07, 6.45) is 1.52. The molecule has 6 nitrogen and oxygen atoms in total. The van der Waals surface area contributed by atoms with Crippen molar-refractivity contribution in [3.8, 4) is 17.2 Å². The summed E-state index contributed by atoms with van der Waals surface area (Å²) in [7, 11) is 0. The van der Waals surface area contributed by atoms with E-state index in [0.29, 0.717) is 34.7 Å². The van der Waals surface area contributed by atoms with Gasteiger partial charge < -0.3 is 14.6 Å². The molecule has 3 rings (SSSR count). The number of nitrogens with one attached hydrogen (secondary N) is 1. The number of hydrogen-bond donors (Lipinski definition) is 2. The lowest BCUT2D eigenvalue weighted by molar-refractivity contribution is 0.0955. The van der Waals surface area contributed by atoms with E-state index in [9.17, 15) is 9.90 Å². The summed E-state index contributed by atoms with van der Waals surface area (Å²) in [5, 5.41) is 13.3. The van der Waals surface area contributed by atoms with Gasteiger partial charge in [0, 0.05) is 5.56 Å². The zero-order chi connectivity index (χ0) is 16.2. The number of fused-ring (bicyclic) bond motifs is 1. The monoisotopic (exact) mass is 376 g/mol. The fourth-order valence-electron chi connectivity index (χ4n) is 2.02. The number of benzene rings is 2. The molecule has 7 heteroatoms. The molecule has 1 amide bonds. The maximum Gasteiger partial charge on any atom is 0.271 e. The van der Waals surface area contributed by atoms with Crippen LogP contribution in [0.2, 0.25) is 0 Å². The average molecular weight is 377 g/mol. The van der Waals surface area contributed by atoms with E-state index >= 15 is 0 Å². The number of hydrogen-bond acceptors (Lipinski definition) is 5. The van der Waals surface area contributed by atoms with Gasteiger partial charge in [0.15, 0.2) is 11.5 Å². The van der Waals surface area contributed by atoms with Crippen molar-refractivity contribution in [1.82, 2.24) is 5.43 Å². The van der Waals surface area contributed by atoms with E-state index < -0.39 is 0 Å². The quantitative estimate of drug-likeness (QED) is 0.637. The highest BCUT2D eigenvalue weighted by Crippen LogP contribution is 2.30. The molecule has 23 heavy (non-hydrogen) atoms. The molecule has 0 aromatic heterocycles. The Morgan fingerprint density at radius 3 is 2.74 bits per heavy atom. The molecule has 0 unspecified atom stereocenters. The van der Waals surface area contributed by atoms with E-state index in [4.69, 9.17) is 9.47 Å². The van der Waals surface area contributed by atoms with Gasteiger partial charge in [-0.15, -0.1) is 0 Å². The number of ether oxygens (including phenoxy) is 2. The SMILES string of the molecule is O=C(NN=Cc1ccc2c(c1)OCCO2)c1ccc(O)c(Br)c1. The zero-order valence-corrected chi connectivity index (χ0v) is 13.5. The molecule has 1 heterocycles. The van der Waals surface area contributed by atoms with E-state index in [0.717, 1.165) is 5.56 Å². The molecule has 1 aliphatic heterocycles. The molecule has 0 aliphatic carbocycles. The lowest BCUT2D eigenvalue weighted by Gasteiger charge is -2.18. The van der Waals surface area contributed by atoms with Crippen LogP contribution in [0.1, 0.15) is 15.9 Å². The maximum absolute atomic E-state index is 12.0. The number of nitrogens with zero attached hydrogens (tertiary/aromatic N) is 1. The molecule has 0 spiro atoms. The van der Waals surface area contributed by atoms with Crippen LogP contribution in [-0.2, 0) is 0 Å². The average Bonchev–Trinajstić information content (AvgIpc) is 2.57. The van der Waals surface area contributed by atoms with Gasteiger partial charge >= 0.3 is 0 Å².